The van der Waals surface area contributed by atoms with Crippen LogP contribution in [0.5, 0.6) is 0 Å². The Morgan fingerprint density at radius 2 is 1.71 bits per heavy atom. The van der Waals surface area contributed by atoms with Gasteiger partial charge in [-0.25, -0.2) is 9.59 Å². The number of nitrogens with one attached hydrogen (secondary N) is 1. The van der Waals surface area contributed by atoms with Gasteiger partial charge in [-0.15, -0.1) is 0 Å². The number of carboxylic acids is 1. The fourth-order valence-electron chi connectivity index (χ4n) is 6.10. The number of benzene rings is 2. The molecule has 0 bridgehead atoms. The van der Waals surface area contributed by atoms with Crippen molar-refractivity contribution in [3.8, 4) is 11.1 Å². The average molecular weight is 463 g/mol. The molecule has 1 aliphatic heterocycles. The smallest absolute Gasteiger partial charge is 0.407 e. The lowest BCUT2D eigenvalue weighted by Crippen LogP contribution is -2.47. The minimum Gasteiger partial charge on any atom is -0.480 e. The summed E-state index contributed by atoms with van der Waals surface area (Å²) in [6.45, 7) is 2.53. The average Bonchev–Trinajstić information content (AvgIpc) is 3.52. The number of ether oxygens (including phenoxy) is 1. The molecule has 2 fully saturated rings. The van der Waals surface area contributed by atoms with Gasteiger partial charge in [0.2, 0.25) is 5.91 Å². The summed E-state index contributed by atoms with van der Waals surface area (Å²) < 4.78 is 5.55. The van der Waals surface area contributed by atoms with Gasteiger partial charge in [-0.3, -0.25) is 4.79 Å². The van der Waals surface area contributed by atoms with Crippen molar-refractivity contribution in [2.75, 3.05) is 19.7 Å². The highest BCUT2D eigenvalue weighted by Crippen LogP contribution is 2.45. The van der Waals surface area contributed by atoms with Crippen LogP contribution in [0.2, 0.25) is 0 Å². The first-order chi connectivity index (χ1) is 16.5. The van der Waals surface area contributed by atoms with Crippen molar-refractivity contribution in [2.24, 2.45) is 17.8 Å². The number of rotatable bonds is 6. The van der Waals surface area contributed by atoms with Crippen molar-refractivity contribution >= 4 is 18.0 Å². The Morgan fingerprint density at radius 3 is 2.35 bits per heavy atom. The van der Waals surface area contributed by atoms with E-state index in [2.05, 4.69) is 29.6 Å². The van der Waals surface area contributed by atoms with Crippen molar-refractivity contribution in [2.45, 2.75) is 38.1 Å². The molecule has 2 aromatic carbocycles. The van der Waals surface area contributed by atoms with E-state index in [0.717, 1.165) is 41.5 Å². The number of carbonyl (C=O) groups is 3. The van der Waals surface area contributed by atoms with Gasteiger partial charge in [0.1, 0.15) is 12.6 Å². The van der Waals surface area contributed by atoms with Crippen LogP contribution in [0.3, 0.4) is 0 Å². The van der Waals surface area contributed by atoms with Crippen LogP contribution < -0.4 is 5.32 Å². The molecule has 5 rings (SSSR count). The fraction of sp³-hybridized carbons (Fsp3) is 0.444. The van der Waals surface area contributed by atoms with Crippen LogP contribution in [-0.2, 0) is 14.3 Å². The van der Waals surface area contributed by atoms with E-state index in [1.807, 2.05) is 24.3 Å². The maximum atomic E-state index is 13.0. The van der Waals surface area contributed by atoms with Gasteiger partial charge in [-0.05, 0) is 46.9 Å². The highest BCUT2D eigenvalue weighted by atomic mass is 16.5. The van der Waals surface area contributed by atoms with Crippen LogP contribution in [0.15, 0.2) is 48.5 Å². The standard InChI is InChI=1S/C27H30N2O5/c1-16(25(30)29-14-17-7-6-12-18(17)24(29)26(31)32)13-28-27(33)34-15-23-21-10-4-2-8-19(21)20-9-3-5-11-22(20)23/h2-5,8-11,16-18,23-24H,6-7,12-15H2,1H3,(H,28,33)(H,31,32). The van der Waals surface area contributed by atoms with E-state index in [9.17, 15) is 19.5 Å². The number of likely N-dealkylation sites (tertiary alicyclic amines) is 1. The molecular formula is C27H30N2O5. The molecule has 0 spiro atoms. The first-order valence-corrected chi connectivity index (χ1v) is 12.1. The van der Waals surface area contributed by atoms with Crippen LogP contribution >= 0.6 is 0 Å². The molecule has 2 N–H and O–H groups in total. The number of hydrogen-bond acceptors (Lipinski definition) is 4. The Hall–Kier alpha value is -3.35. The summed E-state index contributed by atoms with van der Waals surface area (Å²) in [7, 11) is 0. The molecule has 2 aliphatic carbocycles. The molecule has 2 amide bonds. The number of fused-ring (bicyclic) bond motifs is 4. The molecule has 7 nitrogen and oxygen atoms in total. The minimum atomic E-state index is -0.931. The minimum absolute atomic E-state index is 0.0301. The highest BCUT2D eigenvalue weighted by molar-refractivity contribution is 5.86. The first-order valence-electron chi connectivity index (χ1n) is 12.1. The second-order valence-electron chi connectivity index (χ2n) is 9.74. The van der Waals surface area contributed by atoms with Gasteiger partial charge < -0.3 is 20.1 Å². The molecule has 4 atom stereocenters. The van der Waals surface area contributed by atoms with Crippen molar-refractivity contribution in [1.29, 1.82) is 0 Å². The van der Waals surface area contributed by atoms with Crippen LogP contribution in [-0.4, -0.2) is 53.7 Å². The third kappa shape index (κ3) is 3.93. The number of hydrogen-bond donors (Lipinski definition) is 2. The van der Waals surface area contributed by atoms with Crippen molar-refractivity contribution in [1.82, 2.24) is 10.2 Å². The molecule has 2 aromatic rings. The summed E-state index contributed by atoms with van der Waals surface area (Å²) in [4.78, 5) is 38.8. The van der Waals surface area contributed by atoms with Gasteiger partial charge >= 0.3 is 12.1 Å². The van der Waals surface area contributed by atoms with Gasteiger partial charge in [0.25, 0.3) is 0 Å². The Balaban J connectivity index is 1.16. The highest BCUT2D eigenvalue weighted by Gasteiger charge is 2.50. The number of amides is 2. The van der Waals surface area contributed by atoms with E-state index in [-0.39, 0.29) is 36.8 Å². The summed E-state index contributed by atoms with van der Waals surface area (Å²) in [5.41, 5.74) is 4.60. The summed E-state index contributed by atoms with van der Waals surface area (Å²) in [5, 5.41) is 12.4. The Morgan fingerprint density at radius 1 is 1.06 bits per heavy atom. The van der Waals surface area contributed by atoms with Crippen LogP contribution in [0, 0.1) is 17.8 Å². The molecular weight excluding hydrogens is 432 g/mol. The SMILES string of the molecule is CC(CNC(=O)OCC1c2ccccc2-c2ccccc21)C(=O)N1CC2CCCC2C1C(=O)O. The number of alkyl carbamates (subject to hydrolysis) is 1. The van der Waals surface area contributed by atoms with Crippen LogP contribution in [0.25, 0.3) is 11.1 Å². The third-order valence-electron chi connectivity index (χ3n) is 7.74. The number of carboxylic acid groups (broad SMARTS) is 1. The normalized spacial score (nSPS) is 23.7. The Bertz CT molecular complexity index is 1070. The second-order valence-corrected chi connectivity index (χ2v) is 9.74. The van der Waals surface area contributed by atoms with Gasteiger partial charge in [-0.1, -0.05) is 61.9 Å². The molecule has 7 heteroatoms. The lowest BCUT2D eigenvalue weighted by Gasteiger charge is -2.27. The molecule has 34 heavy (non-hydrogen) atoms. The first kappa shape index (κ1) is 22.4. The topological polar surface area (TPSA) is 95.9 Å². The zero-order valence-electron chi connectivity index (χ0n) is 19.3. The van der Waals surface area contributed by atoms with E-state index < -0.39 is 24.0 Å². The van der Waals surface area contributed by atoms with Gasteiger partial charge in [-0.2, -0.15) is 0 Å². The number of aliphatic carboxylic acids is 1. The van der Waals surface area contributed by atoms with Crippen molar-refractivity contribution in [3.63, 3.8) is 0 Å². The quantitative estimate of drug-likeness (QED) is 0.679. The van der Waals surface area contributed by atoms with Crippen LogP contribution in [0.1, 0.15) is 43.2 Å². The van der Waals surface area contributed by atoms with E-state index >= 15 is 0 Å². The predicted octanol–water partition coefficient (Wildman–Crippen LogP) is 3.87. The largest absolute Gasteiger partial charge is 0.480 e. The zero-order chi connectivity index (χ0) is 23.8. The van der Waals surface area contributed by atoms with E-state index in [0.29, 0.717) is 6.54 Å². The Labute approximate surface area is 199 Å². The summed E-state index contributed by atoms with van der Waals surface area (Å²) >= 11 is 0. The maximum absolute atomic E-state index is 13.0. The second kappa shape index (κ2) is 9.12. The molecule has 1 saturated carbocycles. The van der Waals surface area contributed by atoms with Gasteiger partial charge in [0.15, 0.2) is 0 Å². The van der Waals surface area contributed by atoms with Gasteiger partial charge in [0.05, 0.1) is 5.92 Å². The number of carbonyl (C=O) groups excluding carboxylic acids is 2. The molecule has 0 radical (unpaired) electrons. The molecule has 1 heterocycles. The zero-order valence-corrected chi connectivity index (χ0v) is 19.3. The molecule has 0 aromatic heterocycles. The van der Waals surface area contributed by atoms with Crippen molar-refractivity contribution < 1.29 is 24.2 Å². The summed E-state index contributed by atoms with van der Waals surface area (Å²) in [6, 6.07) is 15.5. The lowest BCUT2D eigenvalue weighted by molar-refractivity contribution is -0.151. The van der Waals surface area contributed by atoms with Gasteiger partial charge in [0, 0.05) is 19.0 Å². The Kier molecular flexibility index (Phi) is 6.02. The van der Waals surface area contributed by atoms with Crippen molar-refractivity contribution in [3.05, 3.63) is 59.7 Å². The van der Waals surface area contributed by atoms with E-state index in [4.69, 9.17) is 4.74 Å². The fourth-order valence-corrected chi connectivity index (χ4v) is 6.10. The summed E-state index contributed by atoms with van der Waals surface area (Å²) in [5.74, 6) is -1.39. The molecule has 3 aliphatic rings. The van der Waals surface area contributed by atoms with E-state index in [1.54, 1.807) is 6.92 Å². The molecule has 178 valence electrons. The monoisotopic (exact) mass is 462 g/mol. The third-order valence-corrected chi connectivity index (χ3v) is 7.74. The van der Waals surface area contributed by atoms with E-state index in [1.165, 1.54) is 4.90 Å². The molecule has 1 saturated heterocycles. The predicted molar refractivity (Wildman–Crippen MR) is 126 cm³/mol. The molecule has 4 unspecified atom stereocenters. The van der Waals surface area contributed by atoms with Crippen LogP contribution in [0.4, 0.5) is 4.79 Å². The number of nitrogens with zero attached hydrogens (tertiary/aromatic N) is 1. The maximum Gasteiger partial charge on any atom is 0.407 e. The summed E-state index contributed by atoms with van der Waals surface area (Å²) in [6.07, 6.45) is 2.29. The lowest BCUT2D eigenvalue weighted by atomic mass is 9.94.